The number of halogens is 1. The molecule has 1 aliphatic rings. The predicted molar refractivity (Wildman–Crippen MR) is 69.9 cm³/mol. The van der Waals surface area contributed by atoms with Gasteiger partial charge in [0, 0.05) is 17.3 Å². The topological polar surface area (TPSA) is 47.6 Å². The van der Waals surface area contributed by atoms with Gasteiger partial charge in [0.1, 0.15) is 5.41 Å². The first-order chi connectivity index (χ1) is 8.57. The lowest BCUT2D eigenvalue weighted by Gasteiger charge is -2.38. The van der Waals surface area contributed by atoms with Crippen molar-refractivity contribution in [3.05, 3.63) is 28.8 Å². The first-order valence-corrected chi connectivity index (χ1v) is 6.11. The summed E-state index contributed by atoms with van der Waals surface area (Å²) in [5, 5.41) is 3.96. The van der Waals surface area contributed by atoms with Crippen LogP contribution in [0.3, 0.4) is 0 Å². The molecule has 4 nitrogen and oxygen atoms in total. The van der Waals surface area contributed by atoms with Crippen LogP contribution in [0.25, 0.3) is 0 Å². The van der Waals surface area contributed by atoms with Crippen LogP contribution in [0, 0.1) is 12.3 Å². The van der Waals surface area contributed by atoms with Gasteiger partial charge in [-0.05, 0) is 30.7 Å². The fraction of sp³-hybridized carbons (Fsp3) is 0.462. The molecule has 0 bridgehead atoms. The van der Waals surface area contributed by atoms with Crippen LogP contribution in [0.2, 0.25) is 5.02 Å². The Kier molecular flexibility index (Phi) is 3.78. The van der Waals surface area contributed by atoms with E-state index in [0.29, 0.717) is 24.8 Å². The summed E-state index contributed by atoms with van der Waals surface area (Å²) in [7, 11) is 1.40. The van der Waals surface area contributed by atoms with Crippen molar-refractivity contribution < 1.29 is 14.3 Å². The molecule has 0 aromatic heterocycles. The Morgan fingerprint density at radius 3 is 2.78 bits per heavy atom. The third-order valence-corrected chi connectivity index (χ3v) is 3.42. The Morgan fingerprint density at radius 2 is 2.28 bits per heavy atom. The molecule has 5 heteroatoms. The van der Waals surface area contributed by atoms with E-state index in [1.165, 1.54) is 7.11 Å². The van der Waals surface area contributed by atoms with Gasteiger partial charge >= 0.3 is 5.97 Å². The number of anilines is 1. The molecule has 0 saturated carbocycles. The minimum atomic E-state index is -0.555. The number of nitrogens with one attached hydrogen (secondary N) is 1. The third kappa shape index (κ3) is 2.44. The van der Waals surface area contributed by atoms with E-state index in [-0.39, 0.29) is 5.97 Å². The number of esters is 1. The van der Waals surface area contributed by atoms with E-state index in [1.54, 1.807) is 0 Å². The second-order valence-electron chi connectivity index (χ2n) is 4.58. The zero-order valence-corrected chi connectivity index (χ0v) is 11.2. The summed E-state index contributed by atoms with van der Waals surface area (Å²) < 4.78 is 9.95. The predicted octanol–water partition coefficient (Wildman–Crippen LogP) is 2.25. The molecule has 2 rings (SSSR count). The number of aryl methyl sites for hydroxylation is 1. The maximum absolute atomic E-state index is 11.7. The quantitative estimate of drug-likeness (QED) is 0.852. The molecule has 1 aromatic rings. The molecule has 18 heavy (non-hydrogen) atoms. The van der Waals surface area contributed by atoms with Gasteiger partial charge < -0.3 is 14.8 Å². The van der Waals surface area contributed by atoms with Gasteiger partial charge in [0.25, 0.3) is 0 Å². The molecule has 0 radical (unpaired) electrons. The number of methoxy groups -OCH3 is 1. The number of rotatable bonds is 4. The van der Waals surface area contributed by atoms with E-state index in [2.05, 4.69) is 5.32 Å². The van der Waals surface area contributed by atoms with Crippen molar-refractivity contribution in [3.8, 4) is 0 Å². The van der Waals surface area contributed by atoms with Gasteiger partial charge in [-0.3, -0.25) is 4.79 Å². The molecule has 1 fully saturated rings. The van der Waals surface area contributed by atoms with Crippen molar-refractivity contribution in [1.29, 1.82) is 0 Å². The number of hydrogen-bond donors (Lipinski definition) is 1. The first kappa shape index (κ1) is 13.2. The van der Waals surface area contributed by atoms with E-state index in [1.807, 2.05) is 25.1 Å². The summed E-state index contributed by atoms with van der Waals surface area (Å²) >= 11 is 5.90. The van der Waals surface area contributed by atoms with Gasteiger partial charge in [0.2, 0.25) is 0 Å². The molecule has 1 aromatic carbocycles. The van der Waals surface area contributed by atoms with Gasteiger partial charge in [-0.2, -0.15) is 0 Å². The molecule has 1 heterocycles. The summed E-state index contributed by atoms with van der Waals surface area (Å²) in [6.07, 6.45) is 0. The summed E-state index contributed by atoms with van der Waals surface area (Å²) in [5.41, 5.74) is 1.46. The summed E-state index contributed by atoms with van der Waals surface area (Å²) in [6.45, 7) is 3.27. The number of benzene rings is 1. The van der Waals surface area contributed by atoms with Crippen LogP contribution in [0.15, 0.2) is 18.2 Å². The Labute approximate surface area is 111 Å². The molecule has 0 unspecified atom stereocenters. The van der Waals surface area contributed by atoms with Gasteiger partial charge in [-0.15, -0.1) is 0 Å². The highest BCUT2D eigenvalue weighted by atomic mass is 35.5. The van der Waals surface area contributed by atoms with E-state index < -0.39 is 5.41 Å². The van der Waals surface area contributed by atoms with Gasteiger partial charge in [-0.1, -0.05) is 11.6 Å². The van der Waals surface area contributed by atoms with Crippen molar-refractivity contribution in [2.45, 2.75) is 6.92 Å². The van der Waals surface area contributed by atoms with Gasteiger partial charge in [-0.25, -0.2) is 0 Å². The first-order valence-electron chi connectivity index (χ1n) is 5.74. The molecule has 98 valence electrons. The molecule has 0 atom stereocenters. The van der Waals surface area contributed by atoms with Crippen molar-refractivity contribution in [3.63, 3.8) is 0 Å². The SMILES string of the molecule is COC(=O)C1(CNc2ccc(Cl)cc2C)COC1. The van der Waals surface area contributed by atoms with Gasteiger partial charge in [0.15, 0.2) is 0 Å². The number of carbonyl (C=O) groups excluding carboxylic acids is 1. The Balaban J connectivity index is 2.04. The number of ether oxygens (including phenoxy) is 2. The highest BCUT2D eigenvalue weighted by molar-refractivity contribution is 6.30. The lowest BCUT2D eigenvalue weighted by Crippen LogP contribution is -2.54. The fourth-order valence-electron chi connectivity index (χ4n) is 1.95. The Hall–Kier alpha value is -1.26. The second kappa shape index (κ2) is 5.16. The summed E-state index contributed by atoms with van der Waals surface area (Å²) in [6, 6.07) is 5.60. The zero-order chi connectivity index (χ0) is 13.2. The fourth-order valence-corrected chi connectivity index (χ4v) is 2.17. The maximum atomic E-state index is 11.7. The summed E-state index contributed by atoms with van der Waals surface area (Å²) in [4.78, 5) is 11.7. The molecule has 1 N–H and O–H groups in total. The normalized spacial score (nSPS) is 16.8. The van der Waals surface area contributed by atoms with Crippen LogP contribution in [0.4, 0.5) is 5.69 Å². The summed E-state index contributed by atoms with van der Waals surface area (Å²) in [5.74, 6) is -0.229. The average molecular weight is 270 g/mol. The van der Waals surface area contributed by atoms with Crippen molar-refractivity contribution in [2.75, 3.05) is 32.2 Å². The molecule has 1 saturated heterocycles. The smallest absolute Gasteiger partial charge is 0.318 e. The molecule has 0 spiro atoms. The van der Waals surface area contributed by atoms with Crippen molar-refractivity contribution in [2.24, 2.45) is 5.41 Å². The van der Waals surface area contributed by atoms with Crippen LogP contribution in [-0.4, -0.2) is 32.8 Å². The van der Waals surface area contributed by atoms with Crippen LogP contribution in [-0.2, 0) is 14.3 Å². The lowest BCUT2D eigenvalue weighted by atomic mass is 9.86. The standard InChI is InChI=1S/C13H16ClNO3/c1-9-5-10(14)3-4-11(9)15-6-13(7-18-8-13)12(16)17-2/h3-5,15H,6-8H2,1-2H3. The third-order valence-electron chi connectivity index (χ3n) is 3.18. The van der Waals surface area contributed by atoms with Crippen LogP contribution < -0.4 is 5.32 Å². The molecule has 1 aliphatic heterocycles. The minimum absolute atomic E-state index is 0.229. The minimum Gasteiger partial charge on any atom is -0.468 e. The van der Waals surface area contributed by atoms with Crippen molar-refractivity contribution >= 4 is 23.3 Å². The highest BCUT2D eigenvalue weighted by Gasteiger charge is 2.47. The van der Waals surface area contributed by atoms with E-state index >= 15 is 0 Å². The van der Waals surface area contributed by atoms with Crippen molar-refractivity contribution in [1.82, 2.24) is 0 Å². The molecular weight excluding hydrogens is 254 g/mol. The zero-order valence-electron chi connectivity index (χ0n) is 10.5. The molecule has 0 aliphatic carbocycles. The van der Waals surface area contributed by atoms with Crippen LogP contribution >= 0.6 is 11.6 Å². The lowest BCUT2D eigenvalue weighted by molar-refractivity contribution is -0.180. The van der Waals surface area contributed by atoms with Crippen LogP contribution in [0.5, 0.6) is 0 Å². The van der Waals surface area contributed by atoms with E-state index in [0.717, 1.165) is 11.3 Å². The Bertz CT molecular complexity index is 458. The Morgan fingerprint density at radius 1 is 1.56 bits per heavy atom. The van der Waals surface area contributed by atoms with E-state index in [9.17, 15) is 4.79 Å². The largest absolute Gasteiger partial charge is 0.468 e. The number of hydrogen-bond acceptors (Lipinski definition) is 4. The average Bonchev–Trinajstić information content (AvgIpc) is 2.29. The van der Waals surface area contributed by atoms with E-state index in [4.69, 9.17) is 21.1 Å². The number of carbonyl (C=O) groups is 1. The molecular formula is C13H16ClNO3. The highest BCUT2D eigenvalue weighted by Crippen LogP contribution is 2.30. The van der Waals surface area contributed by atoms with Gasteiger partial charge in [0.05, 0.1) is 20.3 Å². The second-order valence-corrected chi connectivity index (χ2v) is 5.01. The van der Waals surface area contributed by atoms with Crippen LogP contribution in [0.1, 0.15) is 5.56 Å². The molecule has 0 amide bonds. The monoisotopic (exact) mass is 269 g/mol. The maximum Gasteiger partial charge on any atom is 0.318 e.